The number of amides is 9. The zero-order valence-electron chi connectivity index (χ0n) is 40.8. The second-order valence-corrected chi connectivity index (χ2v) is 18.3. The van der Waals surface area contributed by atoms with Gasteiger partial charge < -0.3 is 85.1 Å². The van der Waals surface area contributed by atoms with E-state index in [0.29, 0.717) is 38.6 Å². The molecule has 0 aromatic carbocycles. The fraction of sp³-hybridized carbons (Fsp3) is 0.750. The molecule has 0 unspecified atom stereocenters. The van der Waals surface area contributed by atoms with Crippen LogP contribution >= 0.6 is 0 Å². The van der Waals surface area contributed by atoms with E-state index in [2.05, 4.69) is 31.9 Å². The molecule has 18 N–H and O–H groups in total. The lowest BCUT2D eigenvalue weighted by Gasteiger charge is -2.32. The van der Waals surface area contributed by atoms with Crippen LogP contribution in [0.1, 0.15) is 111 Å². The summed E-state index contributed by atoms with van der Waals surface area (Å²) in [7, 11) is 0. The van der Waals surface area contributed by atoms with Crippen LogP contribution in [-0.4, -0.2) is 189 Å². The Morgan fingerprint density at radius 3 is 1.54 bits per heavy atom. The molecule has 0 aromatic rings. The average molecular weight is 1010 g/mol. The minimum absolute atomic E-state index is 0.0682. The van der Waals surface area contributed by atoms with Crippen molar-refractivity contribution in [1.82, 2.24) is 41.7 Å². The Kier molecular flexibility index (Phi) is 26.4. The van der Waals surface area contributed by atoms with Crippen molar-refractivity contribution >= 4 is 65.1 Å². The molecular weight excluding hydrogens is 937 g/mol. The van der Waals surface area contributed by atoms with Crippen LogP contribution in [0.2, 0.25) is 0 Å². The van der Waals surface area contributed by atoms with Crippen LogP contribution in [0.25, 0.3) is 0 Å². The van der Waals surface area contributed by atoms with Gasteiger partial charge in [-0.25, -0.2) is 4.79 Å². The van der Waals surface area contributed by atoms with Crippen molar-refractivity contribution in [3.05, 3.63) is 0 Å². The van der Waals surface area contributed by atoms with Crippen LogP contribution in [0.5, 0.6) is 0 Å². The van der Waals surface area contributed by atoms with E-state index in [0.717, 1.165) is 6.92 Å². The maximum atomic E-state index is 14.3. The monoisotopic (exact) mass is 1010 g/mol. The molecule has 0 aliphatic carbocycles. The SMILES string of the molecule is CC(C)C[C@H](NC(=O)[C@@H]1CCCN1C(=O)[C@H](CC(N)=O)NC(=O)[C@@H](N)CCCCN)C(=O)N1CCC[C@H]1C(=O)N[C@@H](CO)C(=O)N[C@@H](CCCCN)C(=O)N[C@@H](CCC(=O)O)C(=O)N[C@H](C(=O)O)[C@@H](C)O. The largest absolute Gasteiger partial charge is 0.481 e. The number of aliphatic hydroxyl groups excluding tert-OH is 2. The highest BCUT2D eigenvalue weighted by atomic mass is 16.4. The number of primary amides is 1. The molecule has 2 rings (SSSR count). The molecule has 10 atom stereocenters. The van der Waals surface area contributed by atoms with E-state index >= 15 is 0 Å². The number of carbonyl (C=O) groups excluding carboxylic acids is 9. The molecule has 27 nitrogen and oxygen atoms in total. The van der Waals surface area contributed by atoms with E-state index in [-0.39, 0.29) is 64.1 Å². The minimum atomic E-state index is -1.81. The van der Waals surface area contributed by atoms with Gasteiger partial charge in [-0.1, -0.05) is 20.3 Å². The number of carboxylic acids is 2. The fourth-order valence-corrected chi connectivity index (χ4v) is 8.23. The van der Waals surface area contributed by atoms with Crippen molar-refractivity contribution < 1.29 is 73.2 Å². The van der Waals surface area contributed by atoms with E-state index in [1.165, 1.54) is 9.80 Å². The van der Waals surface area contributed by atoms with Crippen LogP contribution in [0, 0.1) is 5.92 Å². The van der Waals surface area contributed by atoms with Crippen molar-refractivity contribution in [1.29, 1.82) is 0 Å². The third-order valence-electron chi connectivity index (χ3n) is 12.0. The molecule has 0 radical (unpaired) electrons. The number of aliphatic carboxylic acids is 2. The zero-order valence-corrected chi connectivity index (χ0v) is 40.8. The quantitative estimate of drug-likeness (QED) is 0.0280. The number of unbranched alkanes of at least 4 members (excludes halogenated alkanes) is 2. The summed E-state index contributed by atoms with van der Waals surface area (Å²) in [6, 6.07) is -12.5. The average Bonchev–Trinajstić information content (AvgIpc) is 4.01. The van der Waals surface area contributed by atoms with Gasteiger partial charge >= 0.3 is 11.9 Å². The number of aliphatic hydroxyl groups is 2. The van der Waals surface area contributed by atoms with Gasteiger partial charge in [0.15, 0.2) is 6.04 Å². The lowest BCUT2D eigenvalue weighted by Crippen LogP contribution is -2.61. The number of nitrogens with two attached hydrogens (primary N) is 4. The van der Waals surface area contributed by atoms with Crippen molar-refractivity contribution in [2.24, 2.45) is 28.9 Å². The lowest BCUT2D eigenvalue weighted by molar-refractivity contribution is -0.145. The second kappa shape index (κ2) is 30.7. The van der Waals surface area contributed by atoms with Gasteiger partial charge in [-0.3, -0.25) is 47.9 Å². The standard InChI is InChI=1S/C44H76N12O15/c1-23(2)20-28(52-40(66)31-12-8-19-56(31)43(69)29(21-33(48)59)51-36(62)25(47)10-4-6-16-45)42(68)55-18-9-13-32(55)41(67)53-30(22-57)39(65)49-26(11-5-7-17-46)37(63)50-27(14-15-34(60)61)38(64)54-35(24(3)58)44(70)71/h23-32,35,57-58H,4-22,45-47H2,1-3H3,(H2,48,59)(H,49,65)(H,50,63)(H,51,62)(H,52,66)(H,53,67)(H,54,64)(H,60,61)(H,70,71)/t24-,25+,26+,27+,28+,29+,30+,31+,32+,35+/m1/s1. The van der Waals surface area contributed by atoms with Crippen LogP contribution in [0.4, 0.5) is 0 Å². The van der Waals surface area contributed by atoms with Crippen molar-refractivity contribution in [3.63, 3.8) is 0 Å². The summed E-state index contributed by atoms with van der Waals surface area (Å²) in [6.07, 6.45) is -0.206. The molecule has 0 saturated carbocycles. The Morgan fingerprint density at radius 1 is 0.606 bits per heavy atom. The number of likely N-dealkylation sites (tertiary alicyclic amines) is 2. The van der Waals surface area contributed by atoms with E-state index in [4.69, 9.17) is 22.9 Å². The molecule has 27 heteroatoms. The number of carbonyl (C=O) groups is 11. The summed E-state index contributed by atoms with van der Waals surface area (Å²) in [6.45, 7) is 4.46. The second-order valence-electron chi connectivity index (χ2n) is 18.3. The normalized spacial score (nSPS) is 18.9. The molecular formula is C44H76N12O15. The van der Waals surface area contributed by atoms with Gasteiger partial charge in [-0.2, -0.15) is 0 Å². The Bertz CT molecular complexity index is 1870. The van der Waals surface area contributed by atoms with Gasteiger partial charge in [0.2, 0.25) is 53.2 Å². The Morgan fingerprint density at radius 2 is 1.07 bits per heavy atom. The summed E-state index contributed by atoms with van der Waals surface area (Å²) in [4.78, 5) is 147. The van der Waals surface area contributed by atoms with E-state index in [1.807, 2.05) is 0 Å². The molecule has 2 heterocycles. The van der Waals surface area contributed by atoms with Gasteiger partial charge in [0, 0.05) is 19.5 Å². The van der Waals surface area contributed by atoms with Gasteiger partial charge in [0.05, 0.1) is 25.2 Å². The summed E-state index contributed by atoms with van der Waals surface area (Å²) in [5.41, 5.74) is 22.6. The van der Waals surface area contributed by atoms with Gasteiger partial charge in [0.1, 0.15) is 42.3 Å². The molecule has 0 bridgehead atoms. The van der Waals surface area contributed by atoms with Crippen LogP contribution in [-0.2, 0) is 52.7 Å². The first-order chi connectivity index (χ1) is 33.5. The van der Waals surface area contributed by atoms with Crippen molar-refractivity contribution in [2.75, 3.05) is 32.8 Å². The highest BCUT2D eigenvalue weighted by molar-refractivity contribution is 5.99. The Labute approximate surface area is 412 Å². The van der Waals surface area contributed by atoms with Crippen LogP contribution in [0.3, 0.4) is 0 Å². The molecule has 0 aromatic heterocycles. The van der Waals surface area contributed by atoms with Crippen molar-refractivity contribution in [2.45, 2.75) is 171 Å². The van der Waals surface area contributed by atoms with Crippen LogP contribution in [0.15, 0.2) is 0 Å². The first-order valence-corrected chi connectivity index (χ1v) is 24.1. The lowest BCUT2D eigenvalue weighted by atomic mass is 10.0. The third-order valence-corrected chi connectivity index (χ3v) is 12.0. The number of nitrogens with one attached hydrogen (secondary N) is 6. The number of hydrogen-bond acceptors (Lipinski definition) is 16. The van der Waals surface area contributed by atoms with E-state index in [9.17, 15) is 73.2 Å². The van der Waals surface area contributed by atoms with Crippen molar-refractivity contribution in [3.8, 4) is 0 Å². The minimum Gasteiger partial charge on any atom is -0.481 e. The van der Waals surface area contributed by atoms with E-state index in [1.54, 1.807) is 13.8 Å². The van der Waals surface area contributed by atoms with Gasteiger partial charge in [-0.05, 0) is 96.6 Å². The maximum absolute atomic E-state index is 14.3. The predicted molar refractivity (Wildman–Crippen MR) is 251 cm³/mol. The number of hydrogen-bond donors (Lipinski definition) is 14. The smallest absolute Gasteiger partial charge is 0.328 e. The molecule has 71 heavy (non-hydrogen) atoms. The Balaban J connectivity index is 2.27. The highest BCUT2D eigenvalue weighted by Gasteiger charge is 2.43. The fourth-order valence-electron chi connectivity index (χ4n) is 8.23. The Hall–Kier alpha value is -6.03. The molecule has 2 saturated heterocycles. The first-order valence-electron chi connectivity index (χ1n) is 24.1. The molecule has 2 aliphatic rings. The summed E-state index contributed by atoms with van der Waals surface area (Å²) >= 11 is 0. The molecule has 2 fully saturated rings. The highest BCUT2D eigenvalue weighted by Crippen LogP contribution is 2.23. The third kappa shape index (κ3) is 19.9. The molecule has 402 valence electrons. The first kappa shape index (κ1) is 61.1. The topological polar surface area (TPSA) is 451 Å². The van der Waals surface area contributed by atoms with Gasteiger partial charge in [0.25, 0.3) is 0 Å². The van der Waals surface area contributed by atoms with E-state index < -0.39 is 151 Å². The molecule has 2 aliphatic heterocycles. The zero-order chi connectivity index (χ0) is 53.5. The van der Waals surface area contributed by atoms with Crippen LogP contribution < -0.4 is 54.8 Å². The number of carboxylic acid groups (broad SMARTS) is 2. The summed E-state index contributed by atoms with van der Waals surface area (Å²) < 4.78 is 0. The number of nitrogens with zero attached hydrogens (tertiary/aromatic N) is 2. The predicted octanol–water partition coefficient (Wildman–Crippen LogP) is -5.29. The molecule has 9 amide bonds. The van der Waals surface area contributed by atoms with Gasteiger partial charge in [-0.15, -0.1) is 0 Å². The number of rotatable bonds is 32. The maximum Gasteiger partial charge on any atom is 0.328 e. The molecule has 0 spiro atoms. The summed E-state index contributed by atoms with van der Waals surface area (Å²) in [5, 5.41) is 53.3. The summed E-state index contributed by atoms with van der Waals surface area (Å²) in [5.74, 6) is -10.8.